The first-order chi connectivity index (χ1) is 6.38. The highest BCUT2D eigenvalue weighted by molar-refractivity contribution is 14.1. The molecule has 0 aliphatic rings. The molecule has 72 valence electrons. The average molecular weight is 412 g/mol. The molecule has 2 aromatic heterocycles. The minimum Gasteiger partial charge on any atom is -1.00 e. The summed E-state index contributed by atoms with van der Waals surface area (Å²) >= 11 is 2.22. The summed E-state index contributed by atoms with van der Waals surface area (Å²) in [6, 6.07) is 3.88. The summed E-state index contributed by atoms with van der Waals surface area (Å²) in [5.74, 6) is 0.736. The van der Waals surface area contributed by atoms with Gasteiger partial charge in [0, 0.05) is 9.77 Å². The summed E-state index contributed by atoms with van der Waals surface area (Å²) in [7, 11) is 0. The number of pyridine rings is 1. The number of hydrogen-bond donors (Lipinski definition) is 0. The van der Waals surface area contributed by atoms with E-state index in [0.717, 1.165) is 15.1 Å². The molecule has 6 heteroatoms. The zero-order chi connectivity index (χ0) is 9.10. The SMILES string of the molecule is Ic1cccnc1-c1ncnc[nH+]1.[I-]. The third kappa shape index (κ3) is 2.56. The van der Waals surface area contributed by atoms with Gasteiger partial charge in [-0.3, -0.25) is 0 Å². The average Bonchev–Trinajstić information content (AvgIpc) is 2.20. The summed E-state index contributed by atoms with van der Waals surface area (Å²) in [5.41, 5.74) is 0.852. The molecule has 0 atom stereocenters. The zero-order valence-electron chi connectivity index (χ0n) is 6.98. The molecule has 0 aliphatic heterocycles. The zero-order valence-corrected chi connectivity index (χ0v) is 11.3. The third-order valence-corrected chi connectivity index (χ3v) is 2.38. The van der Waals surface area contributed by atoms with Gasteiger partial charge >= 0.3 is 0 Å². The molecule has 14 heavy (non-hydrogen) atoms. The van der Waals surface area contributed by atoms with Gasteiger partial charge in [-0.25, -0.2) is 9.97 Å². The number of nitrogens with zero attached hydrogens (tertiary/aromatic N) is 3. The van der Waals surface area contributed by atoms with Crippen LogP contribution in [0.25, 0.3) is 11.5 Å². The standard InChI is InChI=1S/C8H5IN4.HI/c9-6-2-1-3-11-7(6)8-12-4-10-5-13-8;/h1-5H;1H. The molecular formula is C8H6I2N4. The van der Waals surface area contributed by atoms with Gasteiger partial charge in [-0.1, -0.05) is 9.97 Å². The molecule has 0 fully saturated rings. The lowest BCUT2D eigenvalue weighted by molar-refractivity contribution is -0.374. The molecule has 0 bridgehead atoms. The Morgan fingerprint density at radius 3 is 2.79 bits per heavy atom. The Bertz CT molecular complexity index is 407. The number of aromatic nitrogens is 4. The van der Waals surface area contributed by atoms with Gasteiger partial charge in [-0.2, -0.15) is 0 Å². The molecule has 0 aromatic carbocycles. The molecule has 0 saturated heterocycles. The van der Waals surface area contributed by atoms with E-state index in [-0.39, 0.29) is 24.0 Å². The Morgan fingerprint density at radius 2 is 2.14 bits per heavy atom. The van der Waals surface area contributed by atoms with E-state index in [0.29, 0.717) is 0 Å². The van der Waals surface area contributed by atoms with E-state index < -0.39 is 0 Å². The molecule has 2 heterocycles. The predicted octanol–water partition coefficient (Wildman–Crippen LogP) is -2.04. The van der Waals surface area contributed by atoms with E-state index in [9.17, 15) is 0 Å². The van der Waals surface area contributed by atoms with Gasteiger partial charge < -0.3 is 24.0 Å². The maximum absolute atomic E-state index is 4.22. The smallest absolute Gasteiger partial charge is 0.290 e. The van der Waals surface area contributed by atoms with Crippen LogP contribution in [0.2, 0.25) is 0 Å². The second-order valence-electron chi connectivity index (χ2n) is 2.35. The highest BCUT2D eigenvalue weighted by Gasteiger charge is 2.09. The van der Waals surface area contributed by atoms with Crippen molar-refractivity contribution in [3.05, 3.63) is 34.6 Å². The van der Waals surface area contributed by atoms with E-state index in [4.69, 9.17) is 0 Å². The normalized spacial score (nSPS) is 9.21. The first kappa shape index (κ1) is 11.7. The van der Waals surface area contributed by atoms with Crippen LogP contribution in [0.3, 0.4) is 0 Å². The fourth-order valence-electron chi connectivity index (χ4n) is 0.950. The maximum atomic E-state index is 4.22. The van der Waals surface area contributed by atoms with Crippen molar-refractivity contribution in [2.24, 2.45) is 0 Å². The Hall–Kier alpha value is -0.380. The Morgan fingerprint density at radius 1 is 1.29 bits per heavy atom. The summed E-state index contributed by atoms with van der Waals surface area (Å²) in [6.07, 6.45) is 4.83. The van der Waals surface area contributed by atoms with Gasteiger partial charge in [0.05, 0.1) is 0 Å². The van der Waals surface area contributed by atoms with E-state index >= 15 is 0 Å². The van der Waals surface area contributed by atoms with Crippen LogP contribution in [0, 0.1) is 3.57 Å². The van der Waals surface area contributed by atoms with E-state index in [1.807, 2.05) is 12.1 Å². The van der Waals surface area contributed by atoms with Crippen LogP contribution < -0.4 is 29.0 Å². The molecule has 1 N–H and O–H groups in total. The van der Waals surface area contributed by atoms with Crippen molar-refractivity contribution < 1.29 is 29.0 Å². The van der Waals surface area contributed by atoms with Crippen LogP contribution >= 0.6 is 22.6 Å². The summed E-state index contributed by atoms with van der Waals surface area (Å²) in [6.45, 7) is 0. The van der Waals surface area contributed by atoms with Crippen molar-refractivity contribution >= 4 is 22.6 Å². The Kier molecular flexibility index (Phi) is 4.58. The predicted molar refractivity (Wildman–Crippen MR) is 54.5 cm³/mol. The maximum Gasteiger partial charge on any atom is 0.290 e. The summed E-state index contributed by atoms with van der Waals surface area (Å²) < 4.78 is 1.06. The van der Waals surface area contributed by atoms with Crippen LogP contribution in [0.4, 0.5) is 0 Å². The largest absolute Gasteiger partial charge is 1.00 e. The van der Waals surface area contributed by atoms with Crippen LogP contribution in [0.15, 0.2) is 31.0 Å². The van der Waals surface area contributed by atoms with Crippen LogP contribution in [-0.2, 0) is 0 Å². The quantitative estimate of drug-likeness (QED) is 0.508. The van der Waals surface area contributed by atoms with Gasteiger partial charge in [0.25, 0.3) is 12.2 Å². The molecule has 2 rings (SSSR count). The molecule has 2 aromatic rings. The third-order valence-electron chi connectivity index (χ3n) is 1.51. The minimum atomic E-state index is 0. The molecule has 4 nitrogen and oxygen atoms in total. The second-order valence-corrected chi connectivity index (χ2v) is 3.51. The molecule has 0 saturated carbocycles. The van der Waals surface area contributed by atoms with Gasteiger partial charge in [-0.05, 0) is 34.7 Å². The van der Waals surface area contributed by atoms with E-state index in [2.05, 4.69) is 42.5 Å². The molecule has 0 spiro atoms. The number of hydrogen-bond acceptors (Lipinski definition) is 3. The first-order valence-corrected chi connectivity index (χ1v) is 4.74. The van der Waals surface area contributed by atoms with Gasteiger partial charge in [0.1, 0.15) is 0 Å². The Balaban J connectivity index is 0.000000980. The molecule has 0 unspecified atom stereocenters. The van der Waals surface area contributed by atoms with E-state index in [1.54, 1.807) is 12.5 Å². The fourth-order valence-corrected chi connectivity index (χ4v) is 1.55. The van der Waals surface area contributed by atoms with Crippen molar-refractivity contribution in [2.45, 2.75) is 0 Å². The fraction of sp³-hybridized carbons (Fsp3) is 0. The minimum absolute atomic E-state index is 0. The lowest BCUT2D eigenvalue weighted by Crippen LogP contribution is -3.00. The van der Waals surface area contributed by atoms with Gasteiger partial charge in [0.2, 0.25) is 6.33 Å². The van der Waals surface area contributed by atoms with Crippen LogP contribution in [0.5, 0.6) is 0 Å². The van der Waals surface area contributed by atoms with Crippen molar-refractivity contribution in [3.8, 4) is 11.5 Å². The number of halogens is 2. The Labute approximate surface area is 112 Å². The number of nitrogens with one attached hydrogen (secondary N) is 1. The van der Waals surface area contributed by atoms with Crippen molar-refractivity contribution in [1.82, 2.24) is 15.0 Å². The highest BCUT2D eigenvalue weighted by atomic mass is 127. The first-order valence-electron chi connectivity index (χ1n) is 3.66. The summed E-state index contributed by atoms with van der Waals surface area (Å²) in [4.78, 5) is 15.0. The van der Waals surface area contributed by atoms with Gasteiger partial charge in [-0.15, -0.1) is 0 Å². The topological polar surface area (TPSA) is 52.8 Å². The lowest BCUT2D eigenvalue weighted by Gasteiger charge is -1.95. The molecule has 0 amide bonds. The molecule has 0 radical (unpaired) electrons. The molecular weight excluding hydrogens is 406 g/mol. The number of aromatic amines is 1. The lowest BCUT2D eigenvalue weighted by atomic mass is 10.3. The summed E-state index contributed by atoms with van der Waals surface area (Å²) in [5, 5.41) is 0. The second kappa shape index (κ2) is 5.49. The van der Waals surface area contributed by atoms with Crippen molar-refractivity contribution in [1.29, 1.82) is 0 Å². The van der Waals surface area contributed by atoms with Crippen molar-refractivity contribution in [2.75, 3.05) is 0 Å². The van der Waals surface area contributed by atoms with Crippen LogP contribution in [-0.4, -0.2) is 15.0 Å². The molecule has 0 aliphatic carbocycles. The van der Waals surface area contributed by atoms with Crippen LogP contribution in [0.1, 0.15) is 0 Å². The van der Waals surface area contributed by atoms with Gasteiger partial charge in [0.15, 0.2) is 5.69 Å². The number of H-pyrrole nitrogens is 1. The monoisotopic (exact) mass is 412 g/mol. The highest BCUT2D eigenvalue weighted by Crippen LogP contribution is 2.15. The number of rotatable bonds is 1. The van der Waals surface area contributed by atoms with E-state index in [1.165, 1.54) is 6.33 Å². The van der Waals surface area contributed by atoms with Crippen molar-refractivity contribution in [3.63, 3.8) is 0 Å².